The van der Waals surface area contributed by atoms with Crippen LogP contribution in [0.3, 0.4) is 0 Å². The highest BCUT2D eigenvalue weighted by atomic mass is 28.4. The highest BCUT2D eigenvalue weighted by Gasteiger charge is 2.50. The average molecular weight is 443 g/mol. The molecular weight excluding hydrogens is 396 g/mol. The van der Waals surface area contributed by atoms with E-state index in [0.717, 1.165) is 0 Å². The number of hydrogen-bond donors (Lipinski definition) is 0. The second kappa shape index (κ2) is 10.9. The van der Waals surface area contributed by atoms with Gasteiger partial charge in [0.25, 0.3) is 22.6 Å². The maximum Gasteiger partial charge on any atom is 0.320 e. The molecule has 0 radical (unpaired) electrons. The molecule has 0 heterocycles. The molecule has 0 aliphatic carbocycles. The summed E-state index contributed by atoms with van der Waals surface area (Å²) in [5.41, 5.74) is 1.96. The largest absolute Gasteiger partial charge is 0.518 e. The van der Waals surface area contributed by atoms with Gasteiger partial charge in [-0.15, -0.1) is 0 Å². The molecule has 0 aromatic heterocycles. The van der Waals surface area contributed by atoms with Gasteiger partial charge in [0.15, 0.2) is 0 Å². The third-order valence-electron chi connectivity index (χ3n) is 6.62. The number of carbonyl (C=O) groups excluding carboxylic acids is 2. The maximum atomic E-state index is 12.9. The summed E-state index contributed by atoms with van der Waals surface area (Å²) in [4.78, 5) is 25.7. The van der Waals surface area contributed by atoms with Crippen molar-refractivity contribution in [1.82, 2.24) is 0 Å². The quantitative estimate of drug-likeness (QED) is 0.247. The minimum Gasteiger partial charge on any atom is -0.518 e. The summed E-state index contributed by atoms with van der Waals surface area (Å²) in [5.74, 6) is -0.781. The monoisotopic (exact) mass is 442 g/mol. The standard InChI is InChI=1S/C23H46O4Si2/c1-15(2)28(16(3)4,17(5)6)26-22(24)14-21(13)23(25)27-29(18(7)8,19(9)10)20(11)12/h15-20H,13-14H2,1-12H3. The molecule has 0 amide bonds. The third-order valence-corrected chi connectivity index (χ3v) is 18.6. The molecule has 0 saturated carbocycles. The van der Waals surface area contributed by atoms with Gasteiger partial charge in [0.2, 0.25) is 0 Å². The molecule has 0 rings (SSSR count). The summed E-state index contributed by atoms with van der Waals surface area (Å²) in [6.45, 7) is 29.5. The summed E-state index contributed by atoms with van der Waals surface area (Å²) in [5, 5.41) is 0. The molecule has 0 bridgehead atoms. The molecule has 0 aliphatic rings. The Labute approximate surface area is 182 Å². The second-order valence-corrected chi connectivity index (χ2v) is 21.0. The Morgan fingerprint density at radius 3 is 1.17 bits per heavy atom. The molecular formula is C23H46O4Si2. The van der Waals surface area contributed by atoms with Gasteiger partial charge in [0.1, 0.15) is 0 Å². The van der Waals surface area contributed by atoms with Crippen LogP contribution in [0.4, 0.5) is 0 Å². The highest BCUT2D eigenvalue weighted by molar-refractivity contribution is 6.79. The molecule has 0 saturated heterocycles. The molecule has 170 valence electrons. The summed E-state index contributed by atoms with van der Waals surface area (Å²) >= 11 is 0. The van der Waals surface area contributed by atoms with E-state index in [2.05, 4.69) is 89.7 Å². The highest BCUT2D eigenvalue weighted by Crippen LogP contribution is 2.44. The van der Waals surface area contributed by atoms with E-state index in [4.69, 9.17) is 8.85 Å². The van der Waals surface area contributed by atoms with Crippen LogP contribution >= 0.6 is 0 Å². The van der Waals surface area contributed by atoms with Crippen LogP contribution < -0.4 is 0 Å². The maximum absolute atomic E-state index is 12.9. The molecule has 0 N–H and O–H groups in total. The van der Waals surface area contributed by atoms with Gasteiger partial charge in [0, 0.05) is 5.57 Å². The molecule has 0 aromatic rings. The summed E-state index contributed by atoms with van der Waals surface area (Å²) < 4.78 is 12.3. The van der Waals surface area contributed by atoms with Gasteiger partial charge in [-0.2, -0.15) is 0 Å². The topological polar surface area (TPSA) is 52.6 Å². The number of hydrogen-bond acceptors (Lipinski definition) is 4. The van der Waals surface area contributed by atoms with Crippen molar-refractivity contribution in [3.63, 3.8) is 0 Å². The summed E-state index contributed by atoms with van der Waals surface area (Å²) in [6, 6.07) is 0. The smallest absolute Gasteiger partial charge is 0.320 e. The molecule has 0 fully saturated rings. The predicted molar refractivity (Wildman–Crippen MR) is 128 cm³/mol. The van der Waals surface area contributed by atoms with Crippen LogP contribution in [-0.2, 0) is 18.4 Å². The van der Waals surface area contributed by atoms with E-state index in [-0.39, 0.29) is 34.6 Å². The van der Waals surface area contributed by atoms with Gasteiger partial charge in [-0.3, -0.25) is 4.79 Å². The Bertz CT molecular complexity index is 534. The lowest BCUT2D eigenvalue weighted by Gasteiger charge is -2.42. The molecule has 6 heteroatoms. The van der Waals surface area contributed by atoms with Crippen molar-refractivity contribution < 1.29 is 18.4 Å². The Kier molecular flexibility index (Phi) is 10.6. The zero-order valence-corrected chi connectivity index (χ0v) is 23.0. The predicted octanol–water partition coefficient (Wildman–Crippen LogP) is 7.37. The fraction of sp³-hybridized carbons (Fsp3) is 0.826. The summed E-state index contributed by atoms with van der Waals surface area (Å²) in [6.07, 6.45) is -0.0987. The first kappa shape index (κ1) is 28.1. The van der Waals surface area contributed by atoms with Crippen LogP contribution in [0.2, 0.25) is 33.2 Å². The van der Waals surface area contributed by atoms with Gasteiger partial charge in [-0.25, -0.2) is 4.79 Å². The van der Waals surface area contributed by atoms with Crippen molar-refractivity contribution in [2.45, 2.75) is 123 Å². The van der Waals surface area contributed by atoms with E-state index in [1.54, 1.807) is 0 Å². The van der Waals surface area contributed by atoms with E-state index in [0.29, 0.717) is 16.6 Å². The van der Waals surface area contributed by atoms with E-state index in [9.17, 15) is 9.59 Å². The SMILES string of the molecule is C=C(CC(=O)O[Si](C(C)C)(C(C)C)C(C)C)C(=O)O[Si](C(C)C)(C(C)C)C(C)C. The normalized spacial score (nSPS) is 13.2. The van der Waals surface area contributed by atoms with Gasteiger partial charge in [-0.05, 0) is 33.2 Å². The van der Waals surface area contributed by atoms with E-state index in [1.165, 1.54) is 0 Å². The minimum absolute atomic E-state index is 0.0987. The average Bonchev–Trinajstić information content (AvgIpc) is 2.54. The van der Waals surface area contributed by atoms with Gasteiger partial charge in [0.05, 0.1) is 6.42 Å². The zero-order valence-electron chi connectivity index (χ0n) is 21.0. The molecule has 0 spiro atoms. The van der Waals surface area contributed by atoms with E-state index in [1.807, 2.05) is 0 Å². The lowest BCUT2D eigenvalue weighted by molar-refractivity contribution is -0.138. The van der Waals surface area contributed by atoms with E-state index < -0.39 is 22.6 Å². The fourth-order valence-electron chi connectivity index (χ4n) is 5.42. The van der Waals surface area contributed by atoms with Crippen molar-refractivity contribution in [3.05, 3.63) is 12.2 Å². The van der Waals surface area contributed by atoms with Crippen LogP contribution in [0, 0.1) is 0 Å². The Morgan fingerprint density at radius 1 is 0.621 bits per heavy atom. The molecule has 4 nitrogen and oxygen atoms in total. The Morgan fingerprint density at radius 2 is 0.897 bits per heavy atom. The van der Waals surface area contributed by atoms with Gasteiger partial charge >= 0.3 is 5.97 Å². The first-order valence-electron chi connectivity index (χ1n) is 11.2. The third kappa shape index (κ3) is 6.06. The first-order chi connectivity index (χ1) is 13.1. The van der Waals surface area contributed by atoms with E-state index >= 15 is 0 Å². The van der Waals surface area contributed by atoms with Crippen molar-refractivity contribution in [3.8, 4) is 0 Å². The van der Waals surface area contributed by atoms with Crippen molar-refractivity contribution in [1.29, 1.82) is 0 Å². The lowest BCUT2D eigenvalue weighted by atomic mass is 10.2. The zero-order chi connectivity index (χ0) is 23.3. The van der Waals surface area contributed by atoms with Gasteiger partial charge < -0.3 is 8.85 Å². The molecule has 0 aromatic carbocycles. The van der Waals surface area contributed by atoms with Crippen molar-refractivity contribution in [2.24, 2.45) is 0 Å². The van der Waals surface area contributed by atoms with Crippen LogP contribution in [-0.4, -0.2) is 28.6 Å². The van der Waals surface area contributed by atoms with Crippen LogP contribution in [0.5, 0.6) is 0 Å². The molecule has 0 atom stereocenters. The lowest BCUT2D eigenvalue weighted by Crippen LogP contribution is -2.50. The Hall–Kier alpha value is -0.886. The van der Waals surface area contributed by atoms with Crippen LogP contribution in [0.15, 0.2) is 12.2 Å². The molecule has 0 aliphatic heterocycles. The van der Waals surface area contributed by atoms with Crippen LogP contribution in [0.1, 0.15) is 89.5 Å². The minimum atomic E-state index is -2.36. The summed E-state index contributed by atoms with van der Waals surface area (Å²) in [7, 11) is -4.69. The van der Waals surface area contributed by atoms with Crippen molar-refractivity contribution in [2.75, 3.05) is 0 Å². The molecule has 29 heavy (non-hydrogen) atoms. The fourth-order valence-corrected chi connectivity index (χ4v) is 15.8. The van der Waals surface area contributed by atoms with Crippen molar-refractivity contribution >= 4 is 28.6 Å². The Balaban J connectivity index is 5.47. The molecule has 0 unspecified atom stereocenters. The second-order valence-electron chi connectivity index (χ2n) is 10.3. The van der Waals surface area contributed by atoms with Gasteiger partial charge in [-0.1, -0.05) is 89.7 Å². The number of rotatable bonds is 11. The van der Waals surface area contributed by atoms with Crippen LogP contribution in [0.25, 0.3) is 0 Å². The number of carbonyl (C=O) groups is 2. The first-order valence-corrected chi connectivity index (χ1v) is 15.5.